The molecule has 0 aliphatic carbocycles. The van der Waals surface area contributed by atoms with Crippen molar-refractivity contribution >= 4 is 21.6 Å². The zero-order valence-corrected chi connectivity index (χ0v) is 18.6. The molecule has 7 heteroatoms. The molecule has 0 radical (unpaired) electrons. The smallest absolute Gasteiger partial charge is 0.261 e. The van der Waals surface area contributed by atoms with Crippen LogP contribution in [0.25, 0.3) is 0 Å². The molecule has 0 bridgehead atoms. The second-order valence-corrected chi connectivity index (χ2v) is 9.36. The van der Waals surface area contributed by atoms with Gasteiger partial charge >= 0.3 is 0 Å². The van der Waals surface area contributed by atoms with Crippen molar-refractivity contribution < 1.29 is 13.2 Å². The highest BCUT2D eigenvalue weighted by Crippen LogP contribution is 2.18. The fourth-order valence-corrected chi connectivity index (χ4v) is 4.22. The molecule has 0 fully saturated rings. The zero-order valence-electron chi connectivity index (χ0n) is 17.8. The normalized spacial score (nSPS) is 11.9. The van der Waals surface area contributed by atoms with Gasteiger partial charge in [0.05, 0.1) is 4.90 Å². The Hall–Kier alpha value is -2.38. The lowest BCUT2D eigenvalue weighted by atomic mass is 10.2. The van der Waals surface area contributed by atoms with Gasteiger partial charge in [-0.25, -0.2) is 8.42 Å². The van der Waals surface area contributed by atoms with E-state index in [1.54, 1.807) is 48.5 Å². The number of hydrogen-bond acceptors (Lipinski definition) is 4. The van der Waals surface area contributed by atoms with E-state index in [2.05, 4.69) is 42.6 Å². The minimum atomic E-state index is -3.71. The lowest BCUT2D eigenvalue weighted by Crippen LogP contribution is -2.42. The molecule has 0 aromatic heterocycles. The third-order valence-electron chi connectivity index (χ3n) is 4.69. The predicted octanol–water partition coefficient (Wildman–Crippen LogP) is 3.64. The molecule has 0 heterocycles. The monoisotopic (exact) mass is 417 g/mol. The molecule has 2 aromatic carbocycles. The molecule has 2 N–H and O–H groups in total. The van der Waals surface area contributed by atoms with Gasteiger partial charge in [-0.2, -0.15) is 0 Å². The van der Waals surface area contributed by atoms with Gasteiger partial charge in [0.25, 0.3) is 15.9 Å². The van der Waals surface area contributed by atoms with E-state index in [0.29, 0.717) is 29.9 Å². The Labute approximate surface area is 174 Å². The van der Waals surface area contributed by atoms with E-state index < -0.39 is 10.0 Å². The Morgan fingerprint density at radius 3 is 2.21 bits per heavy atom. The lowest BCUT2D eigenvalue weighted by molar-refractivity contribution is 0.0939. The number of carbonyl (C=O) groups is 1. The topological polar surface area (TPSA) is 78.5 Å². The van der Waals surface area contributed by atoms with Crippen molar-refractivity contribution in [1.82, 2.24) is 10.2 Å². The summed E-state index contributed by atoms with van der Waals surface area (Å²) in [7, 11) is -3.71. The quantitative estimate of drug-likeness (QED) is 0.653. The average molecular weight is 418 g/mol. The molecule has 2 aromatic rings. The van der Waals surface area contributed by atoms with Crippen LogP contribution in [0.15, 0.2) is 53.4 Å². The zero-order chi connectivity index (χ0) is 21.6. The summed E-state index contributed by atoms with van der Waals surface area (Å²) in [6.45, 7) is 11.7. The van der Waals surface area contributed by atoms with Crippen molar-refractivity contribution in [2.75, 3.05) is 17.8 Å². The van der Waals surface area contributed by atoms with Gasteiger partial charge in [-0.15, -0.1) is 0 Å². The average Bonchev–Trinajstić information content (AvgIpc) is 2.64. The van der Waals surface area contributed by atoms with Gasteiger partial charge < -0.3 is 5.32 Å². The van der Waals surface area contributed by atoms with Crippen molar-refractivity contribution in [2.45, 2.75) is 51.6 Å². The van der Waals surface area contributed by atoms with E-state index >= 15 is 0 Å². The Morgan fingerprint density at radius 1 is 1.00 bits per heavy atom. The molecule has 0 atom stereocenters. The van der Waals surface area contributed by atoms with Crippen LogP contribution in [0.3, 0.4) is 0 Å². The first-order valence-electron chi connectivity index (χ1n) is 9.83. The molecule has 0 spiro atoms. The molecule has 0 saturated carbocycles. The van der Waals surface area contributed by atoms with Crippen LogP contribution in [-0.2, 0) is 10.0 Å². The molecule has 29 heavy (non-hydrogen) atoms. The SMILES string of the molecule is Cc1ccc(S(=O)(=O)Nc2cccc(C(=O)NCCN(C(C)C)C(C)C)c2)cc1. The van der Waals surface area contributed by atoms with E-state index in [4.69, 9.17) is 0 Å². The molecule has 2 rings (SSSR count). The van der Waals surface area contributed by atoms with E-state index in [-0.39, 0.29) is 10.8 Å². The number of anilines is 1. The van der Waals surface area contributed by atoms with Crippen LogP contribution in [0.4, 0.5) is 5.69 Å². The Balaban J connectivity index is 2.03. The molecule has 0 unspecified atom stereocenters. The fraction of sp³-hybridized carbons (Fsp3) is 0.409. The Bertz CT molecular complexity index is 915. The number of aryl methyl sites for hydroxylation is 1. The van der Waals surface area contributed by atoms with Gasteiger partial charge in [-0.3, -0.25) is 14.4 Å². The van der Waals surface area contributed by atoms with Crippen LogP contribution in [0.5, 0.6) is 0 Å². The van der Waals surface area contributed by atoms with Crippen LogP contribution in [0.2, 0.25) is 0 Å². The van der Waals surface area contributed by atoms with Crippen LogP contribution >= 0.6 is 0 Å². The molecular weight excluding hydrogens is 386 g/mol. The largest absolute Gasteiger partial charge is 0.351 e. The molecule has 158 valence electrons. The van der Waals surface area contributed by atoms with E-state index in [1.807, 2.05) is 6.92 Å². The Kier molecular flexibility index (Phi) is 7.81. The van der Waals surface area contributed by atoms with E-state index in [0.717, 1.165) is 12.1 Å². The van der Waals surface area contributed by atoms with Crippen molar-refractivity contribution in [3.63, 3.8) is 0 Å². The minimum absolute atomic E-state index is 0.181. The fourth-order valence-electron chi connectivity index (χ4n) is 3.17. The van der Waals surface area contributed by atoms with Gasteiger partial charge in [0.2, 0.25) is 0 Å². The number of amides is 1. The summed E-state index contributed by atoms with van der Waals surface area (Å²) in [4.78, 5) is 15.0. The van der Waals surface area contributed by atoms with Crippen LogP contribution in [0, 0.1) is 6.92 Å². The second-order valence-electron chi connectivity index (χ2n) is 7.68. The van der Waals surface area contributed by atoms with Crippen molar-refractivity contribution in [3.05, 3.63) is 59.7 Å². The van der Waals surface area contributed by atoms with E-state index in [1.165, 1.54) is 0 Å². The highest BCUT2D eigenvalue weighted by Gasteiger charge is 2.16. The molecule has 0 aliphatic heterocycles. The molecule has 1 amide bonds. The first-order valence-corrected chi connectivity index (χ1v) is 11.3. The molecular formula is C22H31N3O3S. The van der Waals surface area contributed by atoms with Crippen molar-refractivity contribution in [3.8, 4) is 0 Å². The standard InChI is InChI=1S/C22H31N3O3S/c1-16(2)25(17(3)4)14-13-23-22(26)19-7-6-8-20(15-19)24-29(27,28)21-11-9-18(5)10-12-21/h6-12,15-17,24H,13-14H2,1-5H3,(H,23,26). The second kappa shape index (κ2) is 9.89. The maximum Gasteiger partial charge on any atom is 0.261 e. The maximum atomic E-state index is 12.6. The number of nitrogens with one attached hydrogen (secondary N) is 2. The highest BCUT2D eigenvalue weighted by atomic mass is 32.2. The maximum absolute atomic E-state index is 12.6. The van der Waals surface area contributed by atoms with Gasteiger partial charge in [-0.1, -0.05) is 23.8 Å². The number of carbonyl (C=O) groups excluding carboxylic acids is 1. The summed E-state index contributed by atoms with van der Waals surface area (Å²) in [6, 6.07) is 13.9. The first kappa shape index (κ1) is 22.9. The predicted molar refractivity (Wildman–Crippen MR) is 118 cm³/mol. The van der Waals surface area contributed by atoms with Gasteiger partial charge in [-0.05, 0) is 65.0 Å². The summed E-state index contributed by atoms with van der Waals surface area (Å²) in [5.74, 6) is -0.228. The number of benzene rings is 2. The van der Waals surface area contributed by atoms with Crippen molar-refractivity contribution in [2.24, 2.45) is 0 Å². The van der Waals surface area contributed by atoms with Crippen LogP contribution in [0.1, 0.15) is 43.6 Å². The lowest BCUT2D eigenvalue weighted by Gasteiger charge is -2.30. The number of hydrogen-bond donors (Lipinski definition) is 2. The molecule has 0 saturated heterocycles. The summed E-state index contributed by atoms with van der Waals surface area (Å²) < 4.78 is 27.6. The third kappa shape index (κ3) is 6.58. The summed E-state index contributed by atoms with van der Waals surface area (Å²) in [6.07, 6.45) is 0. The summed E-state index contributed by atoms with van der Waals surface area (Å²) in [5, 5.41) is 2.91. The van der Waals surface area contributed by atoms with Gasteiger partial charge in [0, 0.05) is 36.4 Å². The number of sulfonamides is 1. The molecule has 6 nitrogen and oxygen atoms in total. The third-order valence-corrected chi connectivity index (χ3v) is 6.09. The summed E-state index contributed by atoms with van der Waals surface area (Å²) >= 11 is 0. The van der Waals surface area contributed by atoms with E-state index in [9.17, 15) is 13.2 Å². The highest BCUT2D eigenvalue weighted by molar-refractivity contribution is 7.92. The summed E-state index contributed by atoms with van der Waals surface area (Å²) in [5.41, 5.74) is 1.75. The minimum Gasteiger partial charge on any atom is -0.351 e. The van der Waals surface area contributed by atoms with Crippen LogP contribution < -0.4 is 10.0 Å². The van der Waals surface area contributed by atoms with Crippen LogP contribution in [-0.4, -0.2) is 44.4 Å². The number of nitrogens with zero attached hydrogens (tertiary/aromatic N) is 1. The van der Waals surface area contributed by atoms with Gasteiger partial charge in [0.1, 0.15) is 0 Å². The van der Waals surface area contributed by atoms with Crippen molar-refractivity contribution in [1.29, 1.82) is 0 Å². The molecule has 0 aliphatic rings. The van der Waals surface area contributed by atoms with Gasteiger partial charge in [0.15, 0.2) is 0 Å². The Morgan fingerprint density at radius 2 is 1.62 bits per heavy atom. The first-order chi connectivity index (χ1) is 13.6. The number of rotatable bonds is 9.